The van der Waals surface area contributed by atoms with Crippen molar-refractivity contribution in [1.29, 1.82) is 0 Å². The summed E-state index contributed by atoms with van der Waals surface area (Å²) < 4.78 is 44.0. The molecule has 0 spiro atoms. The van der Waals surface area contributed by atoms with Crippen LogP contribution in [0.5, 0.6) is 0 Å². The molecule has 0 saturated heterocycles. The van der Waals surface area contributed by atoms with Gasteiger partial charge in [0, 0.05) is 35.6 Å². The highest BCUT2D eigenvalue weighted by Gasteiger charge is 2.37. The van der Waals surface area contributed by atoms with Crippen LogP contribution in [0.25, 0.3) is 0 Å². The minimum Gasteiger partial charge on any atom is -0.413 e. The lowest BCUT2D eigenvalue weighted by molar-refractivity contribution is -0.137. The Morgan fingerprint density at radius 2 is 1.79 bits per heavy atom. The van der Waals surface area contributed by atoms with Gasteiger partial charge in [-0.25, -0.2) is 0 Å². The van der Waals surface area contributed by atoms with Crippen molar-refractivity contribution in [3.05, 3.63) is 58.4 Å². The molecule has 1 aromatic carbocycles. The number of benzene rings is 1. The van der Waals surface area contributed by atoms with Crippen LogP contribution >= 0.6 is 11.6 Å². The molecule has 29 heavy (non-hydrogen) atoms. The second-order valence-corrected chi connectivity index (χ2v) is 13.8. The van der Waals surface area contributed by atoms with E-state index in [0.29, 0.717) is 30.3 Å². The van der Waals surface area contributed by atoms with E-state index in [1.165, 1.54) is 6.07 Å². The van der Waals surface area contributed by atoms with Crippen LogP contribution in [-0.4, -0.2) is 19.8 Å². The van der Waals surface area contributed by atoms with Crippen molar-refractivity contribution in [2.75, 3.05) is 11.9 Å². The summed E-state index contributed by atoms with van der Waals surface area (Å²) in [4.78, 5) is 3.89. The third-order valence-corrected chi connectivity index (χ3v) is 10.1. The predicted octanol–water partition coefficient (Wildman–Crippen LogP) is 6.93. The number of halogens is 4. The summed E-state index contributed by atoms with van der Waals surface area (Å²) in [6.45, 7) is 11.9. The van der Waals surface area contributed by atoms with Crippen LogP contribution in [0.2, 0.25) is 23.2 Å². The van der Waals surface area contributed by atoms with Crippen LogP contribution in [0.15, 0.2) is 36.5 Å². The van der Waals surface area contributed by atoms with E-state index in [2.05, 4.69) is 44.2 Å². The van der Waals surface area contributed by atoms with E-state index >= 15 is 0 Å². The molecular weight excluding hydrogens is 417 g/mol. The molecule has 0 aliphatic carbocycles. The van der Waals surface area contributed by atoms with E-state index in [0.717, 1.165) is 23.5 Å². The predicted molar refractivity (Wildman–Crippen MR) is 115 cm³/mol. The molecule has 2 rings (SSSR count). The SMILES string of the molecule is CC(C)(C)[Si](C)(C)OCc1cc(NCCc2ccc(C(F)(F)F)cn2)ccc1Cl. The lowest BCUT2D eigenvalue weighted by Crippen LogP contribution is -2.40. The van der Waals surface area contributed by atoms with E-state index in [4.69, 9.17) is 16.0 Å². The Hall–Kier alpha value is -1.57. The van der Waals surface area contributed by atoms with Crippen LogP contribution < -0.4 is 5.32 Å². The summed E-state index contributed by atoms with van der Waals surface area (Å²) in [7, 11) is -1.88. The Labute approximate surface area is 176 Å². The average molecular weight is 445 g/mol. The van der Waals surface area contributed by atoms with Gasteiger partial charge in [0.1, 0.15) is 0 Å². The molecule has 0 radical (unpaired) electrons. The van der Waals surface area contributed by atoms with Crippen LogP contribution in [0.1, 0.15) is 37.6 Å². The van der Waals surface area contributed by atoms with E-state index in [-0.39, 0.29) is 5.04 Å². The maximum atomic E-state index is 12.6. The first-order valence-corrected chi connectivity index (χ1v) is 12.8. The highest BCUT2D eigenvalue weighted by molar-refractivity contribution is 6.74. The van der Waals surface area contributed by atoms with Crippen LogP contribution in [-0.2, 0) is 23.6 Å². The highest BCUT2D eigenvalue weighted by atomic mass is 35.5. The first kappa shape index (κ1) is 23.7. The number of alkyl halides is 3. The maximum absolute atomic E-state index is 12.6. The molecule has 0 bridgehead atoms. The minimum atomic E-state index is -4.37. The molecule has 1 aromatic heterocycles. The summed E-state index contributed by atoms with van der Waals surface area (Å²) in [5, 5.41) is 4.03. The quantitative estimate of drug-likeness (QED) is 0.470. The molecule has 0 amide bonds. The molecular formula is C21H28ClF3N2OSi. The van der Waals surface area contributed by atoms with Gasteiger partial charge >= 0.3 is 6.18 Å². The van der Waals surface area contributed by atoms with Gasteiger partial charge in [0.2, 0.25) is 0 Å². The highest BCUT2D eigenvalue weighted by Crippen LogP contribution is 2.37. The van der Waals surface area contributed by atoms with Gasteiger partial charge in [0.25, 0.3) is 0 Å². The molecule has 0 aliphatic rings. The van der Waals surface area contributed by atoms with E-state index in [9.17, 15) is 13.2 Å². The molecule has 2 aromatic rings. The molecule has 0 aliphatic heterocycles. The Bertz CT molecular complexity index is 818. The average Bonchev–Trinajstić information content (AvgIpc) is 2.60. The third-order valence-electron chi connectivity index (χ3n) is 5.30. The zero-order valence-electron chi connectivity index (χ0n) is 17.5. The van der Waals surface area contributed by atoms with Crippen LogP contribution in [0.3, 0.4) is 0 Å². The summed E-state index contributed by atoms with van der Waals surface area (Å²) >= 11 is 6.33. The number of hydrogen-bond donors (Lipinski definition) is 1. The fourth-order valence-corrected chi connectivity index (χ4v) is 3.47. The number of aromatic nitrogens is 1. The van der Waals surface area contributed by atoms with Gasteiger partial charge in [-0.3, -0.25) is 4.98 Å². The molecule has 8 heteroatoms. The molecule has 1 heterocycles. The first-order valence-electron chi connectivity index (χ1n) is 9.48. The number of nitrogens with zero attached hydrogens (tertiary/aromatic N) is 1. The van der Waals surface area contributed by atoms with Crippen molar-refractivity contribution in [3.63, 3.8) is 0 Å². The zero-order chi connectivity index (χ0) is 21.9. The smallest absolute Gasteiger partial charge is 0.413 e. The molecule has 3 nitrogen and oxygen atoms in total. The first-order chi connectivity index (χ1) is 13.3. The molecule has 160 valence electrons. The minimum absolute atomic E-state index is 0.115. The van der Waals surface area contributed by atoms with Gasteiger partial charge in [-0.1, -0.05) is 32.4 Å². The Morgan fingerprint density at radius 1 is 1.10 bits per heavy atom. The fraction of sp³-hybridized carbons (Fsp3) is 0.476. The second-order valence-electron chi connectivity index (χ2n) is 8.57. The molecule has 1 N–H and O–H groups in total. The number of anilines is 1. The lowest BCUT2D eigenvalue weighted by atomic mass is 10.2. The summed E-state index contributed by atoms with van der Waals surface area (Å²) in [5.41, 5.74) is 1.66. The molecule has 0 unspecified atom stereocenters. The fourth-order valence-electron chi connectivity index (χ4n) is 2.34. The van der Waals surface area contributed by atoms with Gasteiger partial charge in [-0.15, -0.1) is 0 Å². The van der Waals surface area contributed by atoms with Crippen molar-refractivity contribution < 1.29 is 17.6 Å². The number of rotatable bonds is 7. The molecule has 0 saturated carbocycles. The standard InChI is InChI=1S/C21H28ClF3N2OSi/c1-20(2,3)29(4,5)28-14-15-12-18(8-9-19(15)22)26-11-10-17-7-6-16(13-27-17)21(23,24)25/h6-9,12-13,26H,10-11,14H2,1-5H3. The number of pyridine rings is 1. The van der Waals surface area contributed by atoms with Crippen molar-refractivity contribution in [2.45, 2.75) is 58.1 Å². The second kappa shape index (κ2) is 9.06. The van der Waals surface area contributed by atoms with Gasteiger partial charge in [0.15, 0.2) is 8.32 Å². The van der Waals surface area contributed by atoms with E-state index in [1.807, 2.05) is 18.2 Å². The van der Waals surface area contributed by atoms with E-state index in [1.54, 1.807) is 0 Å². The molecule has 0 atom stereocenters. The van der Waals surface area contributed by atoms with Crippen molar-refractivity contribution >= 4 is 25.6 Å². The zero-order valence-corrected chi connectivity index (χ0v) is 19.2. The van der Waals surface area contributed by atoms with Gasteiger partial charge in [0.05, 0.1) is 12.2 Å². The monoisotopic (exact) mass is 444 g/mol. The number of nitrogens with one attached hydrogen (secondary N) is 1. The van der Waals surface area contributed by atoms with Crippen molar-refractivity contribution in [1.82, 2.24) is 4.98 Å². The Kier molecular flexibility index (Phi) is 7.41. The van der Waals surface area contributed by atoms with Gasteiger partial charge in [-0.05, 0) is 54.0 Å². The normalized spacial score (nSPS) is 12.9. The van der Waals surface area contributed by atoms with Crippen molar-refractivity contribution in [3.8, 4) is 0 Å². The van der Waals surface area contributed by atoms with E-state index < -0.39 is 20.1 Å². The van der Waals surface area contributed by atoms with Gasteiger partial charge < -0.3 is 9.74 Å². The summed E-state index contributed by atoms with van der Waals surface area (Å²) in [6, 6.07) is 8.12. The Morgan fingerprint density at radius 3 is 2.34 bits per heavy atom. The maximum Gasteiger partial charge on any atom is 0.417 e. The van der Waals surface area contributed by atoms with Crippen LogP contribution in [0, 0.1) is 0 Å². The van der Waals surface area contributed by atoms with Gasteiger partial charge in [-0.2, -0.15) is 13.2 Å². The third kappa shape index (κ3) is 6.72. The topological polar surface area (TPSA) is 34.1 Å². The molecule has 0 fully saturated rings. The van der Waals surface area contributed by atoms with Crippen molar-refractivity contribution in [2.24, 2.45) is 0 Å². The summed E-state index contributed by atoms with van der Waals surface area (Å²) in [6.07, 6.45) is -2.99. The lowest BCUT2D eigenvalue weighted by Gasteiger charge is -2.36. The van der Waals surface area contributed by atoms with Crippen LogP contribution in [0.4, 0.5) is 18.9 Å². The Balaban J connectivity index is 1.94. The number of hydrogen-bond acceptors (Lipinski definition) is 3. The largest absolute Gasteiger partial charge is 0.417 e. The summed E-state index contributed by atoms with van der Waals surface area (Å²) in [5.74, 6) is 0.